The zero-order valence-corrected chi connectivity index (χ0v) is 11.7. The first-order chi connectivity index (χ1) is 7.55. The highest BCUT2D eigenvalue weighted by atomic mass is 32.2. The molecular weight excluding hydrogens is 218 g/mol. The highest BCUT2D eigenvalue weighted by Crippen LogP contribution is 2.42. The third-order valence-corrected chi connectivity index (χ3v) is 5.53. The van der Waals surface area contributed by atoms with E-state index >= 15 is 0 Å². The number of hydrogen-bond acceptors (Lipinski definition) is 3. The molecule has 1 N–H and O–H groups in total. The number of nitrogens with one attached hydrogen (secondary N) is 1. The summed E-state index contributed by atoms with van der Waals surface area (Å²) in [6, 6.07) is 0.661. The van der Waals surface area contributed by atoms with Crippen molar-refractivity contribution in [3.63, 3.8) is 0 Å². The largest absolute Gasteiger partial charge is 0.375 e. The van der Waals surface area contributed by atoms with Gasteiger partial charge in [0.25, 0.3) is 0 Å². The summed E-state index contributed by atoms with van der Waals surface area (Å²) >= 11 is 2.05. The summed E-state index contributed by atoms with van der Waals surface area (Å²) in [5, 5.41) is 3.77. The van der Waals surface area contributed by atoms with Gasteiger partial charge in [-0.05, 0) is 45.8 Å². The fraction of sp³-hybridized carbons (Fsp3) is 1.00. The van der Waals surface area contributed by atoms with Crippen molar-refractivity contribution >= 4 is 11.8 Å². The lowest BCUT2D eigenvalue weighted by Gasteiger charge is -2.43. The Balaban J connectivity index is 1.77. The van der Waals surface area contributed by atoms with Crippen LogP contribution in [-0.2, 0) is 4.74 Å². The molecule has 94 valence electrons. The summed E-state index contributed by atoms with van der Waals surface area (Å²) in [6.07, 6.45) is 8.80. The molecule has 2 fully saturated rings. The van der Waals surface area contributed by atoms with Gasteiger partial charge < -0.3 is 10.1 Å². The van der Waals surface area contributed by atoms with Gasteiger partial charge in [0, 0.05) is 23.9 Å². The van der Waals surface area contributed by atoms with E-state index in [0.717, 1.165) is 13.0 Å². The summed E-state index contributed by atoms with van der Waals surface area (Å²) in [7, 11) is 0. The quantitative estimate of drug-likeness (QED) is 0.820. The fourth-order valence-corrected chi connectivity index (χ4v) is 3.69. The van der Waals surface area contributed by atoms with E-state index in [1.807, 2.05) is 0 Å². The normalized spacial score (nSPS) is 32.1. The van der Waals surface area contributed by atoms with Gasteiger partial charge in [0.1, 0.15) is 0 Å². The topological polar surface area (TPSA) is 21.3 Å². The first-order valence-corrected chi connectivity index (χ1v) is 7.70. The molecule has 16 heavy (non-hydrogen) atoms. The van der Waals surface area contributed by atoms with E-state index in [1.165, 1.54) is 32.2 Å². The molecule has 0 amide bonds. The number of rotatable bonds is 4. The summed E-state index contributed by atoms with van der Waals surface area (Å²) in [5.74, 6) is 0. The van der Waals surface area contributed by atoms with Crippen LogP contribution in [0.5, 0.6) is 0 Å². The Bertz CT molecular complexity index is 233. The van der Waals surface area contributed by atoms with E-state index in [2.05, 4.69) is 37.2 Å². The van der Waals surface area contributed by atoms with E-state index in [9.17, 15) is 0 Å². The molecule has 2 rings (SSSR count). The van der Waals surface area contributed by atoms with Crippen molar-refractivity contribution in [2.45, 2.75) is 62.3 Å². The van der Waals surface area contributed by atoms with E-state index in [1.54, 1.807) is 0 Å². The van der Waals surface area contributed by atoms with E-state index in [4.69, 9.17) is 4.74 Å². The van der Waals surface area contributed by atoms with Crippen LogP contribution in [0.4, 0.5) is 0 Å². The van der Waals surface area contributed by atoms with E-state index in [0.29, 0.717) is 10.8 Å². The minimum Gasteiger partial charge on any atom is -0.375 e. The van der Waals surface area contributed by atoms with Crippen LogP contribution >= 0.6 is 11.8 Å². The van der Waals surface area contributed by atoms with Gasteiger partial charge in [-0.15, -0.1) is 0 Å². The van der Waals surface area contributed by atoms with Crippen molar-refractivity contribution in [1.82, 2.24) is 5.32 Å². The molecule has 0 aromatic carbocycles. The lowest BCUT2D eigenvalue weighted by Crippen LogP contribution is -2.50. The first kappa shape index (κ1) is 12.7. The van der Waals surface area contributed by atoms with Crippen molar-refractivity contribution in [3.8, 4) is 0 Å². The number of thioether (sulfide) groups is 1. The van der Waals surface area contributed by atoms with Crippen LogP contribution < -0.4 is 5.32 Å². The average Bonchev–Trinajstić information content (AvgIpc) is 2.15. The summed E-state index contributed by atoms with van der Waals surface area (Å²) in [6.45, 7) is 6.51. The van der Waals surface area contributed by atoms with Crippen molar-refractivity contribution in [2.75, 3.05) is 19.4 Å². The summed E-state index contributed by atoms with van der Waals surface area (Å²) in [5.41, 5.74) is 0.0715. The Kier molecular flexibility index (Phi) is 3.87. The van der Waals surface area contributed by atoms with Gasteiger partial charge in [0.05, 0.1) is 5.60 Å². The van der Waals surface area contributed by atoms with Gasteiger partial charge >= 0.3 is 0 Å². The minimum atomic E-state index is 0.0715. The molecular formula is C13H25NOS. The predicted molar refractivity (Wildman–Crippen MR) is 71.2 cm³/mol. The lowest BCUT2D eigenvalue weighted by molar-refractivity contribution is -0.0632. The van der Waals surface area contributed by atoms with E-state index in [-0.39, 0.29) is 5.60 Å². The third kappa shape index (κ3) is 2.93. The van der Waals surface area contributed by atoms with Crippen LogP contribution in [0.2, 0.25) is 0 Å². The third-order valence-electron chi connectivity index (χ3n) is 4.11. The Hall–Kier alpha value is 0.270. The van der Waals surface area contributed by atoms with Crippen LogP contribution in [0.25, 0.3) is 0 Å². The second kappa shape index (κ2) is 4.87. The molecule has 1 aliphatic heterocycles. The van der Waals surface area contributed by atoms with Crippen LogP contribution in [-0.4, -0.2) is 35.8 Å². The molecule has 0 spiro atoms. The van der Waals surface area contributed by atoms with Crippen molar-refractivity contribution < 1.29 is 4.74 Å². The highest BCUT2D eigenvalue weighted by molar-refractivity contribution is 8.00. The van der Waals surface area contributed by atoms with Gasteiger partial charge in [-0.3, -0.25) is 0 Å². The van der Waals surface area contributed by atoms with E-state index < -0.39 is 0 Å². The Morgan fingerprint density at radius 3 is 2.62 bits per heavy atom. The second-order valence-corrected chi connectivity index (χ2v) is 7.19. The Morgan fingerprint density at radius 2 is 2.12 bits per heavy atom. The number of ether oxygens (including phenoxy) is 1. The second-order valence-electron chi connectivity index (χ2n) is 5.92. The van der Waals surface area contributed by atoms with Gasteiger partial charge in [0.2, 0.25) is 0 Å². The van der Waals surface area contributed by atoms with Gasteiger partial charge in [-0.1, -0.05) is 6.42 Å². The van der Waals surface area contributed by atoms with Crippen LogP contribution in [0, 0.1) is 0 Å². The highest BCUT2D eigenvalue weighted by Gasteiger charge is 2.37. The maximum absolute atomic E-state index is 5.75. The minimum absolute atomic E-state index is 0.0715. The molecule has 1 saturated carbocycles. The molecule has 1 heterocycles. The van der Waals surface area contributed by atoms with Crippen LogP contribution in [0.15, 0.2) is 0 Å². The fourth-order valence-electron chi connectivity index (χ4n) is 2.76. The van der Waals surface area contributed by atoms with Crippen molar-refractivity contribution in [3.05, 3.63) is 0 Å². The first-order valence-electron chi connectivity index (χ1n) is 6.48. The monoisotopic (exact) mass is 243 g/mol. The number of hydrogen-bond donors (Lipinski definition) is 1. The lowest BCUT2D eigenvalue weighted by atomic mass is 9.83. The Morgan fingerprint density at radius 1 is 1.38 bits per heavy atom. The molecule has 1 atom stereocenters. The molecule has 2 aliphatic rings. The van der Waals surface area contributed by atoms with Crippen LogP contribution in [0.1, 0.15) is 46.0 Å². The predicted octanol–water partition coefficient (Wildman–Crippen LogP) is 2.82. The molecule has 1 saturated heterocycles. The molecule has 1 aliphatic carbocycles. The van der Waals surface area contributed by atoms with Crippen LogP contribution in [0.3, 0.4) is 0 Å². The summed E-state index contributed by atoms with van der Waals surface area (Å²) in [4.78, 5) is 0. The SMILES string of the molecule is CSC1(CNC2CCOC(C)(C)C2)CCC1. The molecule has 1 unspecified atom stereocenters. The average molecular weight is 243 g/mol. The zero-order chi connectivity index (χ0) is 11.6. The molecule has 3 heteroatoms. The molecule has 2 nitrogen and oxygen atoms in total. The smallest absolute Gasteiger partial charge is 0.0641 e. The standard InChI is InChI=1S/C13H25NOS/c1-12(2)9-11(5-8-15-12)14-10-13(16-3)6-4-7-13/h11,14H,4-10H2,1-3H3. The molecule has 0 aromatic heterocycles. The van der Waals surface area contributed by atoms with Gasteiger partial charge in [-0.2, -0.15) is 11.8 Å². The zero-order valence-electron chi connectivity index (χ0n) is 10.8. The molecule has 0 aromatic rings. The maximum Gasteiger partial charge on any atom is 0.0641 e. The molecule has 0 bridgehead atoms. The van der Waals surface area contributed by atoms with Crippen molar-refractivity contribution in [1.29, 1.82) is 0 Å². The summed E-state index contributed by atoms with van der Waals surface area (Å²) < 4.78 is 6.31. The maximum atomic E-state index is 5.75. The van der Waals surface area contributed by atoms with Gasteiger partial charge in [0.15, 0.2) is 0 Å². The van der Waals surface area contributed by atoms with Gasteiger partial charge in [-0.25, -0.2) is 0 Å². The molecule has 0 radical (unpaired) electrons. The van der Waals surface area contributed by atoms with Crippen molar-refractivity contribution in [2.24, 2.45) is 0 Å². The Labute approximate surface area is 104 Å².